The van der Waals surface area contributed by atoms with Crippen LogP contribution in [0.2, 0.25) is 0 Å². The summed E-state index contributed by atoms with van der Waals surface area (Å²) in [5.41, 5.74) is 0. The topological polar surface area (TPSA) is 0 Å². The van der Waals surface area contributed by atoms with Crippen molar-refractivity contribution in [1.29, 1.82) is 0 Å². The summed E-state index contributed by atoms with van der Waals surface area (Å²) in [5, 5.41) is 0. The van der Waals surface area contributed by atoms with Crippen LogP contribution in [-0.4, -0.2) is 0 Å². The molecule has 4 heavy (non-hydrogen) atoms. The molecule has 0 heterocycles. The van der Waals surface area contributed by atoms with Crippen LogP contribution >= 0.6 is 0 Å². The van der Waals surface area contributed by atoms with Gasteiger partial charge >= 0.3 is 38.6 Å². The van der Waals surface area contributed by atoms with Gasteiger partial charge in [0.25, 0.3) is 0 Å². The minimum Gasteiger partial charge on any atom is -1.00 e. The monoisotopic (exact) mass is 216 g/mol. The Kier molecular flexibility index (Phi) is 607. The minimum absolute atomic E-state index is 0. The Morgan fingerprint density at radius 1 is 0.500 bits per heavy atom. The van der Waals surface area contributed by atoms with Gasteiger partial charge in [-0.25, -0.2) is 0 Å². The normalized spacial score (nSPS) is 0. The van der Waals surface area contributed by atoms with Gasteiger partial charge in [0, 0.05) is 0 Å². The third kappa shape index (κ3) is 11.5. The van der Waals surface area contributed by atoms with Crippen LogP contribution in [0.15, 0.2) is 0 Å². The van der Waals surface area contributed by atoms with E-state index in [0.29, 0.717) is 0 Å². The van der Waals surface area contributed by atoms with E-state index in [0.717, 1.165) is 0 Å². The summed E-state index contributed by atoms with van der Waals surface area (Å²) in [6, 6.07) is 0. The number of hydrogen-bond acceptors (Lipinski definition) is 0. The molecule has 0 fully saturated rings. The van der Waals surface area contributed by atoms with E-state index in [1.54, 1.807) is 0 Å². The van der Waals surface area contributed by atoms with Crippen molar-refractivity contribution in [2.24, 2.45) is 0 Å². The van der Waals surface area contributed by atoms with Gasteiger partial charge in [0.05, 0.1) is 0 Å². The Hall–Kier alpha value is 1.08. The van der Waals surface area contributed by atoms with E-state index in [9.17, 15) is 0 Å². The summed E-state index contributed by atoms with van der Waals surface area (Å²) >= 11 is 0. The molecule has 0 saturated heterocycles. The molecule has 0 unspecified atom stereocenters. The van der Waals surface area contributed by atoms with Crippen molar-refractivity contribution in [2.45, 2.75) is 0 Å². The minimum atomic E-state index is 0. The maximum atomic E-state index is 0. The van der Waals surface area contributed by atoms with Gasteiger partial charge in [-0.15, -0.1) is 0 Å². The summed E-state index contributed by atoms with van der Waals surface area (Å²) < 4.78 is 0. The van der Waals surface area contributed by atoms with Crippen molar-refractivity contribution >= 4 is 0 Å². The SMILES string of the molecule is [F-].[F-].[F-].[Tb+3]. The zero-order chi connectivity index (χ0) is 0. The number of rotatable bonds is 0. The molecule has 0 amide bonds. The third-order valence-electron chi connectivity index (χ3n) is 0. The van der Waals surface area contributed by atoms with Gasteiger partial charge in [-0.3, -0.25) is 0 Å². The average molecular weight is 216 g/mol. The fourth-order valence-corrected chi connectivity index (χ4v) is 0. The quantitative estimate of drug-likeness (QED) is 0.377. The van der Waals surface area contributed by atoms with Crippen LogP contribution in [-0.2, 0) is 0 Å². The smallest absolute Gasteiger partial charge is 1.00 e. The van der Waals surface area contributed by atoms with Crippen molar-refractivity contribution in [3.05, 3.63) is 0 Å². The molecule has 0 aromatic carbocycles. The first-order valence-electron chi connectivity index (χ1n) is 0. The summed E-state index contributed by atoms with van der Waals surface area (Å²) in [5.74, 6) is 0. The summed E-state index contributed by atoms with van der Waals surface area (Å²) in [6.07, 6.45) is 0. The Bertz CT molecular complexity index is 3.25. The van der Waals surface area contributed by atoms with Crippen LogP contribution in [0.25, 0.3) is 0 Å². The van der Waals surface area contributed by atoms with Crippen LogP contribution in [0.5, 0.6) is 0 Å². The average Bonchev–Trinajstić information content (AvgIpc) is 0. The molecule has 0 aliphatic heterocycles. The predicted octanol–water partition coefficient (Wildman–Crippen LogP) is -8.99. The first-order valence-corrected chi connectivity index (χ1v) is 0. The maximum Gasteiger partial charge on any atom is 3.00 e. The molecule has 0 spiro atoms. The van der Waals surface area contributed by atoms with Gasteiger partial charge in [-0.1, -0.05) is 0 Å². The molecule has 4 heteroatoms. The second-order valence-corrected chi connectivity index (χ2v) is 0. The van der Waals surface area contributed by atoms with Gasteiger partial charge in [0.1, 0.15) is 0 Å². The molecule has 0 saturated carbocycles. The first kappa shape index (κ1) is 72.9. The molecule has 30 valence electrons. The van der Waals surface area contributed by atoms with Crippen molar-refractivity contribution in [3.8, 4) is 0 Å². The van der Waals surface area contributed by atoms with Crippen molar-refractivity contribution in [2.75, 3.05) is 0 Å². The molecule has 0 aliphatic carbocycles. The maximum absolute atomic E-state index is 0. The summed E-state index contributed by atoms with van der Waals surface area (Å²) in [4.78, 5) is 0. The molecule has 0 N–H and O–H groups in total. The van der Waals surface area contributed by atoms with E-state index >= 15 is 0 Å². The van der Waals surface area contributed by atoms with Crippen LogP contribution < -0.4 is 14.1 Å². The number of hydrogen-bond donors (Lipinski definition) is 0. The molecule has 0 bridgehead atoms. The number of halogens is 3. The van der Waals surface area contributed by atoms with Gasteiger partial charge in [0.15, 0.2) is 0 Å². The summed E-state index contributed by atoms with van der Waals surface area (Å²) in [7, 11) is 0. The molecule has 0 radical (unpaired) electrons. The largest absolute Gasteiger partial charge is 3.00 e. The van der Waals surface area contributed by atoms with E-state index in [-0.39, 0.29) is 52.7 Å². The Morgan fingerprint density at radius 2 is 0.500 bits per heavy atom. The Morgan fingerprint density at radius 3 is 0.500 bits per heavy atom. The van der Waals surface area contributed by atoms with E-state index in [4.69, 9.17) is 0 Å². The van der Waals surface area contributed by atoms with E-state index in [2.05, 4.69) is 0 Å². The van der Waals surface area contributed by atoms with Crippen LogP contribution in [0, 0.1) is 38.6 Å². The zero-order valence-corrected chi connectivity index (χ0v) is 3.61. The second kappa shape index (κ2) is 33.3. The standard InChI is InChI=1S/3FH.Tb/h3*1H;/q;;;+3/p-3. The third-order valence-corrected chi connectivity index (χ3v) is 0. The van der Waals surface area contributed by atoms with Gasteiger partial charge in [0.2, 0.25) is 0 Å². The zero-order valence-electron chi connectivity index (χ0n) is 1.47. The first-order chi connectivity index (χ1) is 0. The van der Waals surface area contributed by atoms with Crippen LogP contribution in [0.3, 0.4) is 0 Å². The van der Waals surface area contributed by atoms with Crippen molar-refractivity contribution in [1.82, 2.24) is 0 Å². The molecule has 0 atom stereocenters. The Labute approximate surface area is 52.5 Å². The van der Waals surface area contributed by atoms with Gasteiger partial charge in [-0.2, -0.15) is 0 Å². The summed E-state index contributed by atoms with van der Waals surface area (Å²) in [6.45, 7) is 0. The molecule has 0 rings (SSSR count). The molecular weight excluding hydrogens is 216 g/mol. The second-order valence-electron chi connectivity index (χ2n) is 0. The fourth-order valence-electron chi connectivity index (χ4n) is 0. The fraction of sp³-hybridized carbons (Fsp3) is 0. The van der Waals surface area contributed by atoms with Crippen molar-refractivity contribution in [3.63, 3.8) is 0 Å². The predicted molar refractivity (Wildman–Crippen MR) is 0 cm³/mol. The van der Waals surface area contributed by atoms with Crippen LogP contribution in [0.4, 0.5) is 0 Å². The molecular formula is F3Tb. The molecule has 0 aromatic rings. The van der Waals surface area contributed by atoms with Gasteiger partial charge < -0.3 is 14.1 Å². The van der Waals surface area contributed by atoms with E-state index < -0.39 is 0 Å². The van der Waals surface area contributed by atoms with E-state index in [1.165, 1.54) is 0 Å². The van der Waals surface area contributed by atoms with Gasteiger partial charge in [-0.05, 0) is 0 Å². The van der Waals surface area contributed by atoms with Crippen LogP contribution in [0.1, 0.15) is 0 Å². The Balaban J connectivity index is 0. The molecule has 0 aliphatic rings. The van der Waals surface area contributed by atoms with Crippen molar-refractivity contribution < 1.29 is 52.7 Å². The molecule has 0 aromatic heterocycles. The van der Waals surface area contributed by atoms with E-state index in [1.807, 2.05) is 0 Å². The molecule has 0 nitrogen and oxygen atoms in total.